The van der Waals surface area contributed by atoms with Gasteiger partial charge in [0.25, 0.3) is 10.0 Å². The lowest BCUT2D eigenvalue weighted by molar-refractivity contribution is -0.134. The van der Waals surface area contributed by atoms with E-state index < -0.39 is 22.2 Å². The van der Waals surface area contributed by atoms with E-state index in [1.165, 1.54) is 11.4 Å². The van der Waals surface area contributed by atoms with Crippen molar-refractivity contribution in [3.8, 4) is 5.75 Å². The topological polar surface area (TPSA) is 121 Å². The number of para-hydroxylation sites is 1. The number of likely N-dealkylation sites (N-methyl/N-ethyl adjacent to an activating group) is 1. The van der Waals surface area contributed by atoms with Crippen molar-refractivity contribution in [1.82, 2.24) is 13.8 Å². The molecule has 10 nitrogen and oxygen atoms in total. The quantitative estimate of drug-likeness (QED) is 0.287. The maximum absolute atomic E-state index is 13.5. The molecule has 0 saturated heterocycles. The molecule has 3 heterocycles. The number of amides is 2. The Bertz CT molecular complexity index is 1750. The molecule has 0 saturated carbocycles. The van der Waals surface area contributed by atoms with Crippen LogP contribution in [0.5, 0.6) is 5.75 Å². The number of ether oxygens (including phenoxy) is 1. The van der Waals surface area contributed by atoms with Crippen molar-refractivity contribution in [1.29, 1.82) is 0 Å². The lowest BCUT2D eigenvalue weighted by Crippen LogP contribution is -2.48. The fourth-order valence-corrected chi connectivity index (χ4v) is 7.97. The highest BCUT2D eigenvalue weighted by Crippen LogP contribution is 2.30. The van der Waals surface area contributed by atoms with E-state index in [2.05, 4.69) is 5.32 Å². The first-order chi connectivity index (χ1) is 21.0. The number of rotatable bonds is 9. The van der Waals surface area contributed by atoms with E-state index in [-0.39, 0.29) is 54.5 Å². The number of benzene rings is 2. The molecule has 1 aliphatic heterocycles. The van der Waals surface area contributed by atoms with Crippen LogP contribution in [0, 0.1) is 5.92 Å². The lowest BCUT2D eigenvalue weighted by Gasteiger charge is -2.33. The molecule has 2 N–H and O–H groups in total. The number of thiophene rings is 1. The van der Waals surface area contributed by atoms with Crippen molar-refractivity contribution in [2.24, 2.45) is 13.0 Å². The molecule has 0 radical (unpaired) electrons. The summed E-state index contributed by atoms with van der Waals surface area (Å²) >= 11 is 1.15. The minimum absolute atomic E-state index is 0.00448. The van der Waals surface area contributed by atoms with Gasteiger partial charge in [-0.3, -0.25) is 9.59 Å². The third-order valence-electron chi connectivity index (χ3n) is 8.13. The highest BCUT2D eigenvalue weighted by atomic mass is 32.2. The summed E-state index contributed by atoms with van der Waals surface area (Å²) in [5, 5.41) is 15.6. The summed E-state index contributed by atoms with van der Waals surface area (Å²) in [4.78, 5) is 28.3. The number of aliphatic hydroxyl groups is 1. The first kappa shape index (κ1) is 31.7. The summed E-state index contributed by atoms with van der Waals surface area (Å²) in [6.07, 6.45) is 1.53. The number of sulfonamides is 1. The normalized spacial score (nSPS) is 18.3. The third kappa shape index (κ3) is 6.68. The summed E-state index contributed by atoms with van der Waals surface area (Å²) in [6, 6.07) is 15.9. The highest BCUT2D eigenvalue weighted by Gasteiger charge is 2.33. The second-order valence-corrected chi connectivity index (χ2v) is 14.7. The van der Waals surface area contributed by atoms with E-state index in [1.807, 2.05) is 49.0 Å². The van der Waals surface area contributed by atoms with Crippen molar-refractivity contribution in [3.63, 3.8) is 0 Å². The fraction of sp³-hybridized carbons (Fsp3) is 0.375. The number of nitrogens with zero attached hydrogens (tertiary/aromatic N) is 3. The predicted octanol–water partition coefficient (Wildman–Crippen LogP) is 3.89. The molecule has 2 aromatic carbocycles. The van der Waals surface area contributed by atoms with Crippen molar-refractivity contribution in [2.45, 2.75) is 43.0 Å². The largest absolute Gasteiger partial charge is 0.488 e. The van der Waals surface area contributed by atoms with Gasteiger partial charge in [-0.15, -0.1) is 11.3 Å². The van der Waals surface area contributed by atoms with E-state index >= 15 is 0 Å². The number of aliphatic hydroxyl groups excluding tert-OH is 1. The van der Waals surface area contributed by atoms with E-state index in [1.54, 1.807) is 47.5 Å². The van der Waals surface area contributed by atoms with Gasteiger partial charge in [-0.05, 0) is 48.2 Å². The number of fused-ring (bicyclic) bond motifs is 2. The second-order valence-electron chi connectivity index (χ2n) is 11.4. The van der Waals surface area contributed by atoms with Crippen LogP contribution in [0.1, 0.15) is 25.0 Å². The Balaban J connectivity index is 1.41. The number of carbonyl (C=O) groups excluding carboxylic acids is 2. The van der Waals surface area contributed by atoms with Gasteiger partial charge in [0.05, 0.1) is 32.0 Å². The van der Waals surface area contributed by atoms with Gasteiger partial charge in [0.15, 0.2) is 0 Å². The summed E-state index contributed by atoms with van der Waals surface area (Å²) in [5.41, 5.74) is 3.04. The number of aromatic nitrogens is 1. The molecule has 3 atom stereocenters. The van der Waals surface area contributed by atoms with Crippen LogP contribution in [0.15, 0.2) is 70.4 Å². The molecule has 44 heavy (non-hydrogen) atoms. The molecular weight excluding hydrogens is 601 g/mol. The molecule has 0 spiro atoms. The van der Waals surface area contributed by atoms with E-state index in [0.717, 1.165) is 27.8 Å². The zero-order valence-corrected chi connectivity index (χ0v) is 26.9. The average molecular weight is 639 g/mol. The number of aryl methyl sites for hydroxylation is 1. The zero-order valence-electron chi connectivity index (χ0n) is 25.3. The molecular formula is C32H38N4O6S2. The van der Waals surface area contributed by atoms with Gasteiger partial charge in [-0.1, -0.05) is 31.2 Å². The summed E-state index contributed by atoms with van der Waals surface area (Å²) < 4.78 is 36.4. The molecule has 12 heteroatoms. The molecule has 4 aromatic rings. The Labute approximate surface area is 261 Å². The van der Waals surface area contributed by atoms with Crippen molar-refractivity contribution >= 4 is 49.8 Å². The van der Waals surface area contributed by atoms with Gasteiger partial charge in [0, 0.05) is 54.9 Å². The molecule has 0 fully saturated rings. The summed E-state index contributed by atoms with van der Waals surface area (Å²) in [6.45, 7) is 3.80. The first-order valence-corrected chi connectivity index (χ1v) is 16.8. The fourth-order valence-electron chi connectivity index (χ4n) is 5.59. The minimum atomic E-state index is -3.73. The third-order valence-corrected chi connectivity index (χ3v) is 11.3. The van der Waals surface area contributed by atoms with E-state index in [0.29, 0.717) is 17.0 Å². The molecule has 0 bridgehead atoms. The first-order valence-electron chi connectivity index (χ1n) is 14.5. The number of carbonyl (C=O) groups is 2. The van der Waals surface area contributed by atoms with Crippen LogP contribution in [0.3, 0.4) is 0 Å². The van der Waals surface area contributed by atoms with E-state index in [9.17, 15) is 23.1 Å². The lowest BCUT2D eigenvalue weighted by atomic mass is 10.0. The van der Waals surface area contributed by atoms with Crippen molar-refractivity contribution in [2.75, 3.05) is 32.1 Å². The van der Waals surface area contributed by atoms with Gasteiger partial charge in [-0.25, -0.2) is 8.42 Å². The molecule has 0 unspecified atom stereocenters. The minimum Gasteiger partial charge on any atom is -0.488 e. The van der Waals surface area contributed by atoms with Gasteiger partial charge < -0.3 is 24.6 Å². The monoisotopic (exact) mass is 638 g/mol. The Kier molecular flexibility index (Phi) is 9.45. The Morgan fingerprint density at radius 2 is 1.98 bits per heavy atom. The van der Waals surface area contributed by atoms with Crippen LogP contribution in [0.25, 0.3) is 10.9 Å². The molecule has 234 valence electrons. The van der Waals surface area contributed by atoms with E-state index in [4.69, 9.17) is 4.74 Å². The predicted molar refractivity (Wildman–Crippen MR) is 171 cm³/mol. The standard InChI is InChI=1S/C32H38N4O6S2/c1-21-17-36(22(2)20-37)31(39)16-23-14-25(33-30(38)15-24-18-34(3)27-9-6-5-8-26(24)27)11-12-28(23)42-29(21)19-35(4)44(40,41)32-10-7-13-43-32/h5-14,18,21-22,29,37H,15-17,19-20H2,1-4H3,(H,33,38)/t21-,22+,29-/m1/s1. The van der Waals surface area contributed by atoms with Gasteiger partial charge in [0.1, 0.15) is 16.1 Å². The van der Waals surface area contributed by atoms with Gasteiger partial charge in [0.2, 0.25) is 11.8 Å². The zero-order chi connectivity index (χ0) is 31.6. The molecule has 2 aromatic heterocycles. The van der Waals surface area contributed by atoms with Crippen LogP contribution in [-0.2, 0) is 39.5 Å². The van der Waals surface area contributed by atoms with Crippen LogP contribution in [0.4, 0.5) is 5.69 Å². The Hall–Kier alpha value is -3.71. The smallest absolute Gasteiger partial charge is 0.252 e. The molecule has 1 aliphatic rings. The second kappa shape index (κ2) is 13.1. The van der Waals surface area contributed by atoms with Crippen LogP contribution < -0.4 is 10.1 Å². The number of hydrogen-bond donors (Lipinski definition) is 2. The SMILES string of the molecule is C[C@@H]1CN([C@@H](C)CO)C(=O)Cc2cc(NC(=O)Cc3cn(C)c4ccccc34)ccc2O[C@@H]1CN(C)S(=O)(=O)c1cccs1. The number of hydrogen-bond acceptors (Lipinski definition) is 7. The highest BCUT2D eigenvalue weighted by molar-refractivity contribution is 7.91. The van der Waals surface area contributed by atoms with Crippen LogP contribution in [-0.4, -0.2) is 78.0 Å². The van der Waals surface area contributed by atoms with Crippen LogP contribution in [0.2, 0.25) is 0 Å². The molecule has 5 rings (SSSR count). The summed E-state index contributed by atoms with van der Waals surface area (Å²) in [7, 11) is -0.260. The Morgan fingerprint density at radius 1 is 1.20 bits per heavy atom. The molecule has 2 amide bonds. The van der Waals surface area contributed by atoms with Crippen LogP contribution >= 0.6 is 11.3 Å². The van der Waals surface area contributed by atoms with Crippen molar-refractivity contribution in [3.05, 3.63) is 77.3 Å². The maximum atomic E-state index is 13.5. The number of anilines is 1. The average Bonchev–Trinajstić information content (AvgIpc) is 3.65. The van der Waals surface area contributed by atoms with Gasteiger partial charge >= 0.3 is 0 Å². The van der Waals surface area contributed by atoms with Gasteiger partial charge in [-0.2, -0.15) is 4.31 Å². The summed E-state index contributed by atoms with van der Waals surface area (Å²) in [5.74, 6) is -0.204. The van der Waals surface area contributed by atoms with Crippen molar-refractivity contribution < 1.29 is 27.9 Å². The molecule has 0 aliphatic carbocycles. The number of nitrogens with one attached hydrogen (secondary N) is 1. The Morgan fingerprint density at radius 3 is 2.70 bits per heavy atom. The maximum Gasteiger partial charge on any atom is 0.252 e.